The first-order valence-electron chi connectivity index (χ1n) is 9.33. The number of aryl methyl sites for hydroxylation is 1. The minimum Gasteiger partial charge on any atom is -0.464 e. The van der Waals surface area contributed by atoms with E-state index in [1.807, 2.05) is 48.2 Å². The van der Waals surface area contributed by atoms with Crippen molar-refractivity contribution >= 4 is 16.9 Å². The van der Waals surface area contributed by atoms with Crippen LogP contribution in [0.15, 0.2) is 51.8 Å². The van der Waals surface area contributed by atoms with Crippen molar-refractivity contribution in [2.24, 2.45) is 5.92 Å². The molecule has 0 aliphatic carbocycles. The Kier molecular flexibility index (Phi) is 4.56. The number of hydrogen-bond acceptors (Lipinski definition) is 4. The Morgan fingerprint density at radius 3 is 2.85 bits per heavy atom. The first-order chi connectivity index (χ1) is 13.0. The molecule has 6 nitrogen and oxygen atoms in total. The monoisotopic (exact) mass is 365 g/mol. The van der Waals surface area contributed by atoms with E-state index in [9.17, 15) is 9.59 Å². The minimum absolute atomic E-state index is 0.00639. The van der Waals surface area contributed by atoms with Gasteiger partial charge in [0.15, 0.2) is 0 Å². The Morgan fingerprint density at radius 2 is 2.07 bits per heavy atom. The summed E-state index contributed by atoms with van der Waals surface area (Å²) in [5.74, 6) is 2.11. The fraction of sp³-hybridized carbons (Fsp3) is 0.381. The summed E-state index contributed by atoms with van der Waals surface area (Å²) >= 11 is 0. The zero-order valence-electron chi connectivity index (χ0n) is 15.6. The average Bonchev–Trinajstić information content (AvgIpc) is 3.10. The van der Waals surface area contributed by atoms with Gasteiger partial charge in [-0.1, -0.05) is 19.1 Å². The number of hydrogen-bond donors (Lipinski definition) is 0. The SMILES string of the molecule is Cc1ccc(C2CC(C)CCN2C(=O)Cn2c(=O)cnc3ccccc32)o1. The van der Waals surface area contributed by atoms with Crippen LogP contribution in [0.3, 0.4) is 0 Å². The highest BCUT2D eigenvalue weighted by Gasteiger charge is 2.33. The van der Waals surface area contributed by atoms with E-state index in [4.69, 9.17) is 4.42 Å². The number of aromatic nitrogens is 2. The van der Waals surface area contributed by atoms with Gasteiger partial charge in [-0.25, -0.2) is 4.98 Å². The third-order valence-electron chi connectivity index (χ3n) is 5.32. The standard InChI is InChI=1S/C21H23N3O3/c1-14-9-10-23(18(11-14)19-8-7-15(2)27-19)21(26)13-24-17-6-4-3-5-16(17)22-12-20(24)25/h3-8,12,14,18H,9-11,13H2,1-2H3. The van der Waals surface area contributed by atoms with E-state index in [-0.39, 0.29) is 24.1 Å². The van der Waals surface area contributed by atoms with Crippen LogP contribution in [-0.2, 0) is 11.3 Å². The van der Waals surface area contributed by atoms with Gasteiger partial charge in [-0.05, 0) is 49.9 Å². The second kappa shape index (κ2) is 7.02. The highest BCUT2D eigenvalue weighted by molar-refractivity contribution is 5.80. The summed E-state index contributed by atoms with van der Waals surface area (Å²) in [4.78, 5) is 31.6. The molecule has 0 saturated carbocycles. The molecular weight excluding hydrogens is 342 g/mol. The summed E-state index contributed by atoms with van der Waals surface area (Å²) in [5.41, 5.74) is 1.11. The van der Waals surface area contributed by atoms with Gasteiger partial charge in [0.25, 0.3) is 5.56 Å². The summed E-state index contributed by atoms with van der Waals surface area (Å²) in [5, 5.41) is 0. The van der Waals surface area contributed by atoms with Crippen LogP contribution >= 0.6 is 0 Å². The second-order valence-electron chi connectivity index (χ2n) is 7.35. The zero-order chi connectivity index (χ0) is 19.0. The number of para-hydroxylation sites is 2. The number of nitrogens with zero attached hydrogens (tertiary/aromatic N) is 3. The number of fused-ring (bicyclic) bond motifs is 1. The average molecular weight is 365 g/mol. The number of likely N-dealkylation sites (tertiary alicyclic amines) is 1. The van der Waals surface area contributed by atoms with Gasteiger partial charge in [0, 0.05) is 6.54 Å². The lowest BCUT2D eigenvalue weighted by Gasteiger charge is -2.37. The minimum atomic E-state index is -0.266. The summed E-state index contributed by atoms with van der Waals surface area (Å²) in [6, 6.07) is 11.2. The van der Waals surface area contributed by atoms with Crippen LogP contribution in [0, 0.1) is 12.8 Å². The van der Waals surface area contributed by atoms with E-state index < -0.39 is 0 Å². The van der Waals surface area contributed by atoms with E-state index in [0.717, 1.165) is 24.4 Å². The van der Waals surface area contributed by atoms with Crippen molar-refractivity contribution in [1.29, 1.82) is 0 Å². The lowest BCUT2D eigenvalue weighted by atomic mass is 9.91. The molecule has 3 aromatic rings. The van der Waals surface area contributed by atoms with Crippen LogP contribution in [0.4, 0.5) is 0 Å². The highest BCUT2D eigenvalue weighted by Crippen LogP contribution is 2.35. The molecule has 2 aromatic heterocycles. The van der Waals surface area contributed by atoms with Crippen molar-refractivity contribution in [2.75, 3.05) is 6.54 Å². The number of rotatable bonds is 3. The summed E-state index contributed by atoms with van der Waals surface area (Å²) in [6.45, 7) is 4.78. The molecular formula is C21H23N3O3. The maximum absolute atomic E-state index is 13.2. The Labute approximate surface area is 157 Å². The van der Waals surface area contributed by atoms with Gasteiger partial charge in [-0.3, -0.25) is 14.2 Å². The third-order valence-corrected chi connectivity index (χ3v) is 5.32. The third kappa shape index (κ3) is 3.39. The molecule has 0 spiro atoms. The van der Waals surface area contributed by atoms with E-state index in [1.54, 1.807) is 0 Å². The fourth-order valence-corrected chi connectivity index (χ4v) is 3.85. The van der Waals surface area contributed by atoms with Crippen molar-refractivity contribution in [3.8, 4) is 0 Å². The highest BCUT2D eigenvalue weighted by atomic mass is 16.3. The molecule has 1 fully saturated rings. The zero-order valence-corrected chi connectivity index (χ0v) is 15.6. The Bertz CT molecular complexity index is 1040. The van der Waals surface area contributed by atoms with Gasteiger partial charge < -0.3 is 9.32 Å². The van der Waals surface area contributed by atoms with E-state index in [0.29, 0.717) is 23.5 Å². The second-order valence-corrected chi connectivity index (χ2v) is 7.35. The van der Waals surface area contributed by atoms with Gasteiger partial charge >= 0.3 is 0 Å². The maximum Gasteiger partial charge on any atom is 0.269 e. The van der Waals surface area contributed by atoms with Crippen LogP contribution in [0.5, 0.6) is 0 Å². The molecule has 1 amide bonds. The largest absolute Gasteiger partial charge is 0.464 e. The molecule has 0 N–H and O–H groups in total. The van der Waals surface area contributed by atoms with Crippen LogP contribution in [0.25, 0.3) is 11.0 Å². The molecule has 27 heavy (non-hydrogen) atoms. The molecule has 2 atom stereocenters. The number of carbonyl (C=O) groups is 1. The van der Waals surface area contributed by atoms with Crippen LogP contribution in [-0.4, -0.2) is 26.9 Å². The molecule has 2 unspecified atom stereocenters. The van der Waals surface area contributed by atoms with Crippen LogP contribution < -0.4 is 5.56 Å². The number of furan rings is 1. The van der Waals surface area contributed by atoms with Crippen molar-refractivity contribution in [3.05, 3.63) is 64.5 Å². The summed E-state index contributed by atoms with van der Waals surface area (Å²) in [7, 11) is 0. The van der Waals surface area contributed by atoms with Gasteiger partial charge in [-0.15, -0.1) is 0 Å². The predicted octanol–water partition coefficient (Wildman–Crippen LogP) is 3.30. The van der Waals surface area contributed by atoms with Crippen molar-refractivity contribution in [2.45, 2.75) is 39.3 Å². The number of carbonyl (C=O) groups excluding carboxylic acids is 1. The maximum atomic E-state index is 13.2. The topological polar surface area (TPSA) is 68.3 Å². The van der Waals surface area contributed by atoms with Gasteiger partial charge in [0.05, 0.1) is 23.3 Å². The van der Waals surface area contributed by atoms with Crippen LogP contribution in [0.2, 0.25) is 0 Å². The number of piperidine rings is 1. The number of benzene rings is 1. The molecule has 0 bridgehead atoms. The fourth-order valence-electron chi connectivity index (χ4n) is 3.85. The van der Waals surface area contributed by atoms with Crippen molar-refractivity contribution in [1.82, 2.24) is 14.5 Å². The Hall–Kier alpha value is -2.89. The Balaban J connectivity index is 1.66. The van der Waals surface area contributed by atoms with Gasteiger partial charge in [0.1, 0.15) is 18.1 Å². The van der Waals surface area contributed by atoms with E-state index in [2.05, 4.69) is 11.9 Å². The first-order valence-corrected chi connectivity index (χ1v) is 9.33. The molecule has 3 heterocycles. The lowest BCUT2D eigenvalue weighted by molar-refractivity contribution is -0.136. The summed E-state index contributed by atoms with van der Waals surface area (Å²) < 4.78 is 7.33. The number of amides is 1. The molecule has 6 heteroatoms. The molecule has 1 aromatic carbocycles. The van der Waals surface area contributed by atoms with Gasteiger partial charge in [0.2, 0.25) is 5.91 Å². The Morgan fingerprint density at radius 1 is 1.26 bits per heavy atom. The van der Waals surface area contributed by atoms with Crippen molar-refractivity contribution < 1.29 is 9.21 Å². The van der Waals surface area contributed by atoms with E-state index >= 15 is 0 Å². The molecule has 140 valence electrons. The molecule has 1 saturated heterocycles. The smallest absolute Gasteiger partial charge is 0.269 e. The molecule has 0 radical (unpaired) electrons. The quantitative estimate of drug-likeness (QED) is 0.714. The molecule has 1 aliphatic heterocycles. The van der Waals surface area contributed by atoms with E-state index in [1.165, 1.54) is 10.8 Å². The van der Waals surface area contributed by atoms with Crippen molar-refractivity contribution in [3.63, 3.8) is 0 Å². The lowest BCUT2D eigenvalue weighted by Crippen LogP contribution is -2.43. The van der Waals surface area contributed by atoms with Gasteiger partial charge in [-0.2, -0.15) is 0 Å². The summed E-state index contributed by atoms with van der Waals surface area (Å²) in [6.07, 6.45) is 3.10. The molecule has 4 rings (SSSR count). The normalized spacial score (nSPS) is 20.1. The first kappa shape index (κ1) is 17.5. The van der Waals surface area contributed by atoms with Crippen LogP contribution in [0.1, 0.15) is 37.3 Å². The molecule has 1 aliphatic rings. The predicted molar refractivity (Wildman–Crippen MR) is 102 cm³/mol.